The van der Waals surface area contributed by atoms with Crippen molar-refractivity contribution in [3.8, 4) is 0 Å². The molecule has 5 heteroatoms. The molecule has 1 aromatic heterocycles. The molecule has 17 heavy (non-hydrogen) atoms. The second kappa shape index (κ2) is 4.75. The molecule has 2 rings (SSSR count). The van der Waals surface area contributed by atoms with Crippen LogP contribution in [0.3, 0.4) is 0 Å². The molecule has 0 aliphatic carbocycles. The fourth-order valence-electron chi connectivity index (χ4n) is 1.65. The Morgan fingerprint density at radius 3 is 2.59 bits per heavy atom. The minimum atomic E-state index is -0.450. The zero-order valence-corrected chi connectivity index (χ0v) is 10.1. The van der Waals surface area contributed by atoms with Crippen LogP contribution >= 0.6 is 11.6 Å². The molecular weight excluding hydrogens is 243 g/mol. The first-order valence-electron chi connectivity index (χ1n) is 5.31. The Bertz CT molecular complexity index is 588. The Morgan fingerprint density at radius 2 is 2.00 bits per heavy atom. The first-order chi connectivity index (χ1) is 8.11. The van der Waals surface area contributed by atoms with Crippen molar-refractivity contribution >= 4 is 11.6 Å². The van der Waals surface area contributed by atoms with E-state index < -0.39 is 5.82 Å². The molecule has 0 unspecified atom stereocenters. The molecule has 0 radical (unpaired) electrons. The summed E-state index contributed by atoms with van der Waals surface area (Å²) in [5.74, 6) is -0.450. The molecule has 0 bridgehead atoms. The SMILES string of the molecule is CCn1ccn(Cc2ccc(F)c(Cl)c2)c1=O. The summed E-state index contributed by atoms with van der Waals surface area (Å²) in [5.41, 5.74) is 0.723. The minimum absolute atomic E-state index is 0.0745. The van der Waals surface area contributed by atoms with Gasteiger partial charge in [-0.05, 0) is 24.6 Å². The normalized spacial score (nSPS) is 10.8. The fraction of sp³-hybridized carbons (Fsp3) is 0.250. The Balaban J connectivity index is 2.28. The molecule has 1 heterocycles. The van der Waals surface area contributed by atoms with Gasteiger partial charge in [-0.2, -0.15) is 0 Å². The van der Waals surface area contributed by atoms with Gasteiger partial charge in [0.1, 0.15) is 5.82 Å². The van der Waals surface area contributed by atoms with Crippen molar-refractivity contribution in [2.75, 3.05) is 0 Å². The summed E-state index contributed by atoms with van der Waals surface area (Å²) in [6.45, 7) is 2.93. The second-order valence-electron chi connectivity index (χ2n) is 3.74. The van der Waals surface area contributed by atoms with E-state index in [4.69, 9.17) is 11.6 Å². The van der Waals surface area contributed by atoms with E-state index in [2.05, 4.69) is 0 Å². The quantitative estimate of drug-likeness (QED) is 0.827. The van der Waals surface area contributed by atoms with Crippen molar-refractivity contribution in [1.82, 2.24) is 9.13 Å². The molecule has 0 aliphatic heterocycles. The highest BCUT2D eigenvalue weighted by Gasteiger charge is 2.05. The van der Waals surface area contributed by atoms with Crippen molar-refractivity contribution in [2.45, 2.75) is 20.0 Å². The van der Waals surface area contributed by atoms with Gasteiger partial charge in [-0.1, -0.05) is 17.7 Å². The van der Waals surface area contributed by atoms with Crippen molar-refractivity contribution < 1.29 is 4.39 Å². The summed E-state index contributed by atoms with van der Waals surface area (Å²) in [5, 5.41) is 0.0745. The van der Waals surface area contributed by atoms with Crippen molar-refractivity contribution in [3.05, 3.63) is 57.5 Å². The van der Waals surface area contributed by atoms with Crippen LogP contribution in [0.5, 0.6) is 0 Å². The number of aryl methyl sites for hydroxylation is 1. The van der Waals surface area contributed by atoms with Crippen LogP contribution in [0, 0.1) is 5.82 Å². The van der Waals surface area contributed by atoms with Crippen LogP contribution in [0.1, 0.15) is 12.5 Å². The van der Waals surface area contributed by atoms with Gasteiger partial charge >= 0.3 is 5.69 Å². The number of aromatic nitrogens is 2. The van der Waals surface area contributed by atoms with Crippen LogP contribution in [-0.4, -0.2) is 9.13 Å². The van der Waals surface area contributed by atoms with E-state index in [1.165, 1.54) is 12.1 Å². The third-order valence-electron chi connectivity index (χ3n) is 2.60. The lowest BCUT2D eigenvalue weighted by atomic mass is 10.2. The second-order valence-corrected chi connectivity index (χ2v) is 4.15. The lowest BCUT2D eigenvalue weighted by Gasteiger charge is -2.03. The van der Waals surface area contributed by atoms with Crippen LogP contribution in [-0.2, 0) is 13.1 Å². The third-order valence-corrected chi connectivity index (χ3v) is 2.89. The Labute approximate surface area is 103 Å². The van der Waals surface area contributed by atoms with E-state index in [0.29, 0.717) is 13.1 Å². The van der Waals surface area contributed by atoms with E-state index in [-0.39, 0.29) is 10.7 Å². The number of halogens is 2. The van der Waals surface area contributed by atoms with E-state index in [0.717, 1.165) is 5.56 Å². The summed E-state index contributed by atoms with van der Waals surface area (Å²) < 4.78 is 16.1. The maximum atomic E-state index is 13.0. The van der Waals surface area contributed by atoms with E-state index in [1.807, 2.05) is 6.92 Å². The minimum Gasteiger partial charge on any atom is -0.300 e. The average Bonchev–Trinajstić information content (AvgIpc) is 2.65. The van der Waals surface area contributed by atoms with Gasteiger partial charge < -0.3 is 0 Å². The van der Waals surface area contributed by atoms with Crippen LogP contribution in [0.25, 0.3) is 0 Å². The summed E-state index contributed by atoms with van der Waals surface area (Å²) in [6, 6.07) is 4.46. The van der Waals surface area contributed by atoms with E-state index >= 15 is 0 Å². The van der Waals surface area contributed by atoms with Crippen LogP contribution in [0.4, 0.5) is 4.39 Å². The highest BCUT2D eigenvalue weighted by Crippen LogP contribution is 2.16. The van der Waals surface area contributed by atoms with Gasteiger partial charge in [0.05, 0.1) is 11.6 Å². The van der Waals surface area contributed by atoms with Crippen LogP contribution < -0.4 is 5.69 Å². The van der Waals surface area contributed by atoms with E-state index in [9.17, 15) is 9.18 Å². The molecule has 0 aliphatic rings. The summed E-state index contributed by atoms with van der Waals surface area (Å²) in [7, 11) is 0. The molecule has 3 nitrogen and oxygen atoms in total. The van der Waals surface area contributed by atoms with E-state index in [1.54, 1.807) is 27.6 Å². The molecule has 2 aromatic rings. The highest BCUT2D eigenvalue weighted by molar-refractivity contribution is 6.30. The first kappa shape index (κ1) is 11.9. The van der Waals surface area contributed by atoms with Crippen molar-refractivity contribution in [3.63, 3.8) is 0 Å². The number of benzene rings is 1. The lowest BCUT2D eigenvalue weighted by Crippen LogP contribution is -2.23. The molecule has 90 valence electrons. The Morgan fingerprint density at radius 1 is 1.29 bits per heavy atom. The smallest absolute Gasteiger partial charge is 0.300 e. The largest absolute Gasteiger partial charge is 0.328 e. The highest BCUT2D eigenvalue weighted by atomic mass is 35.5. The van der Waals surface area contributed by atoms with Gasteiger partial charge in [-0.25, -0.2) is 9.18 Å². The van der Waals surface area contributed by atoms with Gasteiger partial charge in [0, 0.05) is 18.9 Å². The monoisotopic (exact) mass is 254 g/mol. The molecule has 0 N–H and O–H groups in total. The van der Waals surface area contributed by atoms with Gasteiger partial charge in [0.15, 0.2) is 0 Å². The third kappa shape index (κ3) is 2.42. The Hall–Kier alpha value is -1.55. The van der Waals surface area contributed by atoms with Crippen molar-refractivity contribution in [1.29, 1.82) is 0 Å². The topological polar surface area (TPSA) is 26.9 Å². The van der Waals surface area contributed by atoms with Gasteiger partial charge in [0.2, 0.25) is 0 Å². The maximum absolute atomic E-state index is 13.0. The molecule has 0 spiro atoms. The van der Waals surface area contributed by atoms with Crippen LogP contribution in [0.15, 0.2) is 35.4 Å². The molecule has 0 atom stereocenters. The number of hydrogen-bond acceptors (Lipinski definition) is 1. The first-order valence-corrected chi connectivity index (χ1v) is 5.69. The number of rotatable bonds is 3. The molecule has 0 fully saturated rings. The molecule has 0 amide bonds. The Kier molecular flexibility index (Phi) is 3.33. The zero-order chi connectivity index (χ0) is 12.4. The zero-order valence-electron chi connectivity index (χ0n) is 9.36. The van der Waals surface area contributed by atoms with Gasteiger partial charge in [-0.15, -0.1) is 0 Å². The molecular formula is C12H12ClFN2O. The predicted octanol–water partition coefficient (Wildman–Crippen LogP) is 2.51. The summed E-state index contributed by atoms with van der Waals surface area (Å²) in [6.07, 6.45) is 3.44. The van der Waals surface area contributed by atoms with Gasteiger partial charge in [0.25, 0.3) is 0 Å². The summed E-state index contributed by atoms with van der Waals surface area (Å²) in [4.78, 5) is 11.8. The molecule has 0 saturated heterocycles. The fourth-order valence-corrected chi connectivity index (χ4v) is 1.85. The predicted molar refractivity (Wildman–Crippen MR) is 64.9 cm³/mol. The van der Waals surface area contributed by atoms with Gasteiger partial charge in [-0.3, -0.25) is 9.13 Å². The molecule has 1 aromatic carbocycles. The van der Waals surface area contributed by atoms with Crippen molar-refractivity contribution in [2.24, 2.45) is 0 Å². The van der Waals surface area contributed by atoms with Crippen LogP contribution in [0.2, 0.25) is 5.02 Å². The number of imidazole rings is 1. The lowest BCUT2D eigenvalue weighted by molar-refractivity contribution is 0.625. The average molecular weight is 255 g/mol. The maximum Gasteiger partial charge on any atom is 0.328 e. The molecule has 0 saturated carbocycles. The standard InChI is InChI=1S/C12H12ClFN2O/c1-2-15-5-6-16(12(15)17)8-9-3-4-11(14)10(13)7-9/h3-7H,2,8H2,1H3. The number of hydrogen-bond donors (Lipinski definition) is 0. The number of nitrogens with zero attached hydrogens (tertiary/aromatic N) is 2. The summed E-state index contributed by atoms with van der Waals surface area (Å²) >= 11 is 5.68.